The Morgan fingerprint density at radius 3 is 2.35 bits per heavy atom. The van der Waals surface area contributed by atoms with Crippen LogP contribution in [0.5, 0.6) is 0 Å². The maximum absolute atomic E-state index is 12.8. The van der Waals surface area contributed by atoms with E-state index in [4.69, 9.17) is 11.6 Å². The summed E-state index contributed by atoms with van der Waals surface area (Å²) in [6.45, 7) is 5.77. The summed E-state index contributed by atoms with van der Waals surface area (Å²) in [6.07, 6.45) is 0.805. The van der Waals surface area contributed by atoms with Crippen molar-refractivity contribution in [2.75, 3.05) is 11.4 Å². The number of nitrogens with one attached hydrogen (secondary N) is 1. The van der Waals surface area contributed by atoms with Crippen LogP contribution in [0.1, 0.15) is 36.2 Å². The number of aryl methyl sites for hydroxylation is 1. The zero-order chi connectivity index (χ0) is 19.5. The number of hydrogen-bond donors (Lipinski definition) is 1. The third kappa shape index (κ3) is 4.37. The predicted octanol–water partition coefficient (Wildman–Crippen LogP) is 4.00. The largest absolute Gasteiger partial charge is 0.350 e. The Labute approximate surface area is 160 Å². The van der Waals surface area contributed by atoms with E-state index in [1.165, 1.54) is 19.2 Å². The lowest BCUT2D eigenvalue weighted by atomic mass is 10.1. The molecule has 1 atom stereocenters. The van der Waals surface area contributed by atoms with Crippen molar-refractivity contribution < 1.29 is 13.2 Å². The SMILES string of the molecule is CCC(C)NC(=O)c1ccc(N(C)S(=O)(=O)c2ccc(C)cc2)cc1Cl. The molecule has 0 saturated heterocycles. The standard InChI is InChI=1S/C19H23ClN2O3S/c1-5-14(3)21-19(23)17-11-8-15(12-18(17)20)22(4)26(24,25)16-9-6-13(2)7-10-16/h6-12,14H,5H2,1-4H3,(H,21,23). The zero-order valence-electron chi connectivity index (χ0n) is 15.3. The number of carbonyl (C=O) groups excluding carboxylic acids is 1. The van der Waals surface area contributed by atoms with Crippen molar-refractivity contribution >= 4 is 33.2 Å². The molecule has 0 heterocycles. The molecule has 2 aromatic rings. The number of benzene rings is 2. The molecule has 0 aliphatic carbocycles. The molecule has 1 amide bonds. The summed E-state index contributed by atoms with van der Waals surface area (Å²) in [6, 6.07) is 11.3. The van der Waals surface area contributed by atoms with E-state index in [-0.39, 0.29) is 21.9 Å². The van der Waals surface area contributed by atoms with Gasteiger partial charge in [-0.25, -0.2) is 8.42 Å². The summed E-state index contributed by atoms with van der Waals surface area (Å²) in [5.41, 5.74) is 1.68. The van der Waals surface area contributed by atoms with Gasteiger partial charge in [0, 0.05) is 13.1 Å². The monoisotopic (exact) mass is 394 g/mol. The number of sulfonamides is 1. The van der Waals surface area contributed by atoms with E-state index in [1.807, 2.05) is 20.8 Å². The van der Waals surface area contributed by atoms with E-state index in [0.717, 1.165) is 16.3 Å². The average molecular weight is 395 g/mol. The summed E-state index contributed by atoms with van der Waals surface area (Å²) in [7, 11) is -2.25. The Bertz CT molecular complexity index is 896. The first kappa shape index (κ1) is 20.3. The number of anilines is 1. The molecule has 2 rings (SSSR count). The minimum atomic E-state index is -3.71. The van der Waals surface area contributed by atoms with Crippen molar-refractivity contribution in [3.05, 3.63) is 58.6 Å². The first-order valence-corrected chi connectivity index (χ1v) is 10.1. The number of hydrogen-bond acceptors (Lipinski definition) is 3. The lowest BCUT2D eigenvalue weighted by molar-refractivity contribution is 0.0939. The highest BCUT2D eigenvalue weighted by atomic mass is 35.5. The molecule has 0 radical (unpaired) electrons. The van der Waals surface area contributed by atoms with Crippen LogP contribution in [0.25, 0.3) is 0 Å². The summed E-state index contributed by atoms with van der Waals surface area (Å²) in [5, 5.41) is 3.04. The molecule has 0 spiro atoms. The molecule has 0 saturated carbocycles. The Morgan fingerprint density at radius 2 is 1.81 bits per heavy atom. The molecule has 0 fully saturated rings. The van der Waals surface area contributed by atoms with Gasteiger partial charge in [-0.1, -0.05) is 36.2 Å². The molecule has 1 N–H and O–H groups in total. The molecule has 0 bridgehead atoms. The molecule has 0 aliphatic rings. The number of carbonyl (C=O) groups is 1. The van der Waals surface area contributed by atoms with Gasteiger partial charge >= 0.3 is 0 Å². The number of rotatable bonds is 6. The van der Waals surface area contributed by atoms with Crippen LogP contribution in [0.3, 0.4) is 0 Å². The Balaban J connectivity index is 2.30. The number of nitrogens with zero attached hydrogens (tertiary/aromatic N) is 1. The van der Waals surface area contributed by atoms with Gasteiger partial charge in [0.25, 0.3) is 15.9 Å². The minimum absolute atomic E-state index is 0.0304. The molecule has 0 aromatic heterocycles. The molecule has 2 aromatic carbocycles. The highest BCUT2D eigenvalue weighted by Gasteiger charge is 2.22. The highest BCUT2D eigenvalue weighted by molar-refractivity contribution is 7.92. The highest BCUT2D eigenvalue weighted by Crippen LogP contribution is 2.27. The molecule has 0 aliphatic heterocycles. The Morgan fingerprint density at radius 1 is 1.19 bits per heavy atom. The van der Waals surface area contributed by atoms with Gasteiger partial charge in [-0.2, -0.15) is 0 Å². The molecule has 26 heavy (non-hydrogen) atoms. The zero-order valence-corrected chi connectivity index (χ0v) is 16.9. The summed E-state index contributed by atoms with van der Waals surface area (Å²) >= 11 is 6.23. The fraction of sp³-hybridized carbons (Fsp3) is 0.316. The normalized spacial score (nSPS) is 12.5. The van der Waals surface area contributed by atoms with E-state index in [0.29, 0.717) is 11.3 Å². The third-order valence-electron chi connectivity index (χ3n) is 4.23. The quantitative estimate of drug-likeness (QED) is 0.805. The average Bonchev–Trinajstić information content (AvgIpc) is 2.60. The van der Waals surface area contributed by atoms with E-state index in [9.17, 15) is 13.2 Å². The molecule has 140 valence electrons. The fourth-order valence-electron chi connectivity index (χ4n) is 2.29. The molecule has 1 unspecified atom stereocenters. The molecular formula is C19H23ClN2O3S. The van der Waals surface area contributed by atoms with Gasteiger partial charge in [-0.05, 0) is 50.6 Å². The lowest BCUT2D eigenvalue weighted by Gasteiger charge is -2.20. The second kappa shape index (κ2) is 8.10. The Hall–Kier alpha value is -2.05. The fourth-order valence-corrected chi connectivity index (χ4v) is 3.74. The van der Waals surface area contributed by atoms with Gasteiger partial charge in [0.1, 0.15) is 0 Å². The third-order valence-corrected chi connectivity index (χ3v) is 6.34. The maximum atomic E-state index is 12.8. The number of amides is 1. The van der Waals surface area contributed by atoms with Crippen LogP contribution in [0.15, 0.2) is 47.4 Å². The first-order valence-electron chi connectivity index (χ1n) is 8.32. The van der Waals surface area contributed by atoms with Crippen LogP contribution in [0.2, 0.25) is 5.02 Å². The van der Waals surface area contributed by atoms with Crippen molar-refractivity contribution in [1.82, 2.24) is 5.32 Å². The van der Waals surface area contributed by atoms with Crippen LogP contribution in [-0.4, -0.2) is 27.4 Å². The molecule has 5 nitrogen and oxygen atoms in total. The smallest absolute Gasteiger partial charge is 0.264 e. The van der Waals surface area contributed by atoms with Crippen LogP contribution in [0, 0.1) is 6.92 Å². The molecule has 7 heteroatoms. The van der Waals surface area contributed by atoms with Crippen molar-refractivity contribution in [2.24, 2.45) is 0 Å². The van der Waals surface area contributed by atoms with E-state index in [2.05, 4.69) is 5.32 Å². The van der Waals surface area contributed by atoms with Crippen molar-refractivity contribution in [1.29, 1.82) is 0 Å². The predicted molar refractivity (Wildman–Crippen MR) is 105 cm³/mol. The van der Waals surface area contributed by atoms with Crippen molar-refractivity contribution in [2.45, 2.75) is 38.1 Å². The van der Waals surface area contributed by atoms with Crippen LogP contribution in [-0.2, 0) is 10.0 Å². The van der Waals surface area contributed by atoms with Crippen molar-refractivity contribution in [3.8, 4) is 0 Å². The van der Waals surface area contributed by atoms with Gasteiger partial charge in [0.15, 0.2) is 0 Å². The van der Waals surface area contributed by atoms with Crippen molar-refractivity contribution in [3.63, 3.8) is 0 Å². The second-order valence-electron chi connectivity index (χ2n) is 6.23. The first-order chi connectivity index (χ1) is 12.2. The van der Waals surface area contributed by atoms with Gasteiger partial charge in [0.2, 0.25) is 0 Å². The van der Waals surface area contributed by atoms with Gasteiger partial charge in [0.05, 0.1) is 21.2 Å². The van der Waals surface area contributed by atoms with E-state index < -0.39 is 10.0 Å². The maximum Gasteiger partial charge on any atom is 0.264 e. The van der Waals surface area contributed by atoms with Gasteiger partial charge in [-0.15, -0.1) is 0 Å². The van der Waals surface area contributed by atoms with E-state index in [1.54, 1.807) is 30.3 Å². The summed E-state index contributed by atoms with van der Waals surface area (Å²) in [5.74, 6) is -0.278. The topological polar surface area (TPSA) is 66.5 Å². The lowest BCUT2D eigenvalue weighted by Crippen LogP contribution is -2.32. The van der Waals surface area contributed by atoms with Crippen LogP contribution >= 0.6 is 11.6 Å². The second-order valence-corrected chi connectivity index (χ2v) is 8.61. The van der Waals surface area contributed by atoms with E-state index >= 15 is 0 Å². The Kier molecular flexibility index (Phi) is 6.31. The summed E-state index contributed by atoms with van der Waals surface area (Å²) in [4.78, 5) is 12.4. The summed E-state index contributed by atoms with van der Waals surface area (Å²) < 4.78 is 26.7. The van der Waals surface area contributed by atoms with Gasteiger partial charge in [-0.3, -0.25) is 9.10 Å². The van der Waals surface area contributed by atoms with Crippen LogP contribution in [0.4, 0.5) is 5.69 Å². The molecular weight excluding hydrogens is 372 g/mol. The minimum Gasteiger partial charge on any atom is -0.350 e. The van der Waals surface area contributed by atoms with Crippen LogP contribution < -0.4 is 9.62 Å². The van der Waals surface area contributed by atoms with Gasteiger partial charge < -0.3 is 5.32 Å². The number of halogens is 1.